The summed E-state index contributed by atoms with van der Waals surface area (Å²) in [4.78, 5) is 11.9. The average Bonchev–Trinajstić information content (AvgIpc) is 3.09. The predicted molar refractivity (Wildman–Crippen MR) is 73.3 cm³/mol. The minimum absolute atomic E-state index is 0.197. The van der Waals surface area contributed by atoms with Crippen molar-refractivity contribution < 1.29 is 18.7 Å². The molecule has 0 saturated carbocycles. The van der Waals surface area contributed by atoms with Crippen LogP contribution in [0.15, 0.2) is 39.4 Å². The van der Waals surface area contributed by atoms with Gasteiger partial charge < -0.3 is 19.3 Å². The van der Waals surface area contributed by atoms with E-state index in [1.54, 1.807) is 24.3 Å². The van der Waals surface area contributed by atoms with E-state index in [-0.39, 0.29) is 11.9 Å². The number of nitrogens with one attached hydrogen (secondary N) is 1. The Morgan fingerprint density at radius 2 is 2.20 bits per heavy atom. The third-order valence-corrected chi connectivity index (χ3v) is 3.06. The Hall–Kier alpha value is -2.01. The Balaban J connectivity index is 1.87. The van der Waals surface area contributed by atoms with Gasteiger partial charge in [0.15, 0.2) is 5.76 Å². The Morgan fingerprint density at radius 3 is 2.80 bits per heavy atom. The van der Waals surface area contributed by atoms with Gasteiger partial charge >= 0.3 is 0 Å². The number of furan rings is 2. The molecule has 0 aliphatic heterocycles. The normalized spacial score (nSPS) is 13.9. The Labute approximate surface area is 117 Å². The van der Waals surface area contributed by atoms with Crippen LogP contribution in [0.2, 0.25) is 0 Å². The first-order valence-electron chi connectivity index (χ1n) is 6.71. The van der Waals surface area contributed by atoms with Crippen molar-refractivity contribution in [1.29, 1.82) is 0 Å². The highest BCUT2D eigenvalue weighted by molar-refractivity contribution is 5.91. The van der Waals surface area contributed by atoms with Gasteiger partial charge in [-0.2, -0.15) is 0 Å². The average molecular weight is 277 g/mol. The lowest BCUT2D eigenvalue weighted by Gasteiger charge is -2.15. The van der Waals surface area contributed by atoms with E-state index >= 15 is 0 Å². The Morgan fingerprint density at radius 1 is 1.40 bits per heavy atom. The zero-order valence-corrected chi connectivity index (χ0v) is 11.6. The van der Waals surface area contributed by atoms with Gasteiger partial charge in [0.05, 0.1) is 6.26 Å². The summed E-state index contributed by atoms with van der Waals surface area (Å²) in [5.74, 6) is 1.29. The first-order chi connectivity index (χ1) is 9.60. The number of hydrogen-bond donors (Lipinski definition) is 2. The lowest BCUT2D eigenvalue weighted by molar-refractivity contribution is 0.0875. The van der Waals surface area contributed by atoms with E-state index in [0.717, 1.165) is 12.2 Å². The molecule has 5 nitrogen and oxygen atoms in total. The van der Waals surface area contributed by atoms with E-state index in [4.69, 9.17) is 8.83 Å². The summed E-state index contributed by atoms with van der Waals surface area (Å²) >= 11 is 0. The fourth-order valence-corrected chi connectivity index (χ4v) is 1.98. The van der Waals surface area contributed by atoms with Crippen LogP contribution in [0.5, 0.6) is 0 Å². The van der Waals surface area contributed by atoms with Gasteiger partial charge in [0.1, 0.15) is 17.6 Å². The lowest BCUT2D eigenvalue weighted by atomic mass is 10.1. The lowest BCUT2D eigenvalue weighted by Crippen LogP contribution is -2.33. The third kappa shape index (κ3) is 3.51. The molecular weight excluding hydrogens is 258 g/mol. The monoisotopic (exact) mass is 277 g/mol. The maximum absolute atomic E-state index is 11.9. The summed E-state index contributed by atoms with van der Waals surface area (Å²) < 4.78 is 10.5. The van der Waals surface area contributed by atoms with Crippen LogP contribution in [0.4, 0.5) is 0 Å². The Bertz CT molecular complexity index is 544. The molecule has 5 heteroatoms. The molecule has 0 aromatic carbocycles. The number of rotatable bonds is 6. The fraction of sp³-hybridized carbons (Fsp3) is 0.400. The molecule has 2 rings (SSSR count). The topological polar surface area (TPSA) is 75.6 Å². The number of carbonyl (C=O) groups is 1. The van der Waals surface area contributed by atoms with Gasteiger partial charge in [-0.3, -0.25) is 4.79 Å². The largest absolute Gasteiger partial charge is 0.467 e. The summed E-state index contributed by atoms with van der Waals surface area (Å²) in [6.07, 6.45) is 1.90. The maximum atomic E-state index is 11.9. The first-order valence-corrected chi connectivity index (χ1v) is 6.71. The van der Waals surface area contributed by atoms with E-state index in [0.29, 0.717) is 17.9 Å². The molecule has 0 bridgehead atoms. The van der Waals surface area contributed by atoms with Crippen LogP contribution in [0.3, 0.4) is 0 Å². The molecule has 2 atom stereocenters. The molecule has 0 spiro atoms. The van der Waals surface area contributed by atoms with Gasteiger partial charge in [-0.1, -0.05) is 6.92 Å². The van der Waals surface area contributed by atoms with Gasteiger partial charge in [0.2, 0.25) is 0 Å². The molecule has 1 amide bonds. The van der Waals surface area contributed by atoms with Crippen molar-refractivity contribution in [3.63, 3.8) is 0 Å². The van der Waals surface area contributed by atoms with Gasteiger partial charge in [-0.05, 0) is 31.2 Å². The van der Waals surface area contributed by atoms with Crippen LogP contribution in [-0.4, -0.2) is 17.1 Å². The second-order valence-corrected chi connectivity index (χ2v) is 4.76. The molecule has 0 fully saturated rings. The molecule has 2 unspecified atom stereocenters. The van der Waals surface area contributed by atoms with Crippen molar-refractivity contribution in [1.82, 2.24) is 5.32 Å². The van der Waals surface area contributed by atoms with Gasteiger partial charge in [0.25, 0.3) is 5.91 Å². The molecule has 0 saturated heterocycles. The van der Waals surface area contributed by atoms with Crippen molar-refractivity contribution >= 4 is 5.91 Å². The highest BCUT2D eigenvalue weighted by Gasteiger charge is 2.18. The van der Waals surface area contributed by atoms with Gasteiger partial charge in [-0.25, -0.2) is 0 Å². The molecule has 2 N–H and O–H groups in total. The van der Waals surface area contributed by atoms with E-state index in [1.807, 2.05) is 13.8 Å². The van der Waals surface area contributed by atoms with E-state index in [9.17, 15) is 9.90 Å². The predicted octanol–water partition coefficient (Wildman–Crippen LogP) is 2.68. The van der Waals surface area contributed by atoms with E-state index < -0.39 is 6.10 Å². The van der Waals surface area contributed by atoms with Crippen molar-refractivity contribution in [3.8, 4) is 0 Å². The molecule has 2 aromatic heterocycles. The second kappa shape index (κ2) is 6.43. The van der Waals surface area contributed by atoms with Crippen LogP contribution in [-0.2, 0) is 6.42 Å². The molecule has 2 aromatic rings. The van der Waals surface area contributed by atoms with Gasteiger partial charge in [-0.15, -0.1) is 0 Å². The fourth-order valence-electron chi connectivity index (χ4n) is 1.98. The number of aliphatic hydroxyl groups excluding tert-OH is 1. The second-order valence-electron chi connectivity index (χ2n) is 4.76. The number of aryl methyl sites for hydroxylation is 1. The molecule has 0 aliphatic rings. The quantitative estimate of drug-likeness (QED) is 0.851. The molecule has 20 heavy (non-hydrogen) atoms. The minimum atomic E-state index is -0.733. The number of hydrogen-bond acceptors (Lipinski definition) is 4. The highest BCUT2D eigenvalue weighted by Crippen LogP contribution is 2.18. The standard InChI is InChI=1S/C15H19NO4/c1-3-11-6-7-14(20-11)15(18)16-10(2)9-12(17)13-5-4-8-19-13/h4-8,10,12,17H,3,9H2,1-2H3,(H,16,18). The van der Waals surface area contributed by atoms with Crippen LogP contribution in [0, 0.1) is 0 Å². The number of carbonyl (C=O) groups excluding carboxylic acids is 1. The van der Waals surface area contributed by atoms with E-state index in [1.165, 1.54) is 6.26 Å². The van der Waals surface area contributed by atoms with Crippen molar-refractivity contribution in [2.75, 3.05) is 0 Å². The maximum Gasteiger partial charge on any atom is 0.287 e. The van der Waals surface area contributed by atoms with Crippen molar-refractivity contribution in [2.45, 2.75) is 38.8 Å². The molecule has 2 heterocycles. The highest BCUT2D eigenvalue weighted by atomic mass is 16.4. The smallest absolute Gasteiger partial charge is 0.287 e. The van der Waals surface area contributed by atoms with Crippen LogP contribution in [0.25, 0.3) is 0 Å². The van der Waals surface area contributed by atoms with Crippen LogP contribution in [0.1, 0.15) is 48.4 Å². The van der Waals surface area contributed by atoms with Crippen LogP contribution >= 0.6 is 0 Å². The zero-order valence-electron chi connectivity index (χ0n) is 11.6. The Kier molecular flexibility index (Phi) is 4.63. The minimum Gasteiger partial charge on any atom is -0.467 e. The summed E-state index contributed by atoms with van der Waals surface area (Å²) in [6.45, 7) is 3.79. The number of aliphatic hydroxyl groups is 1. The van der Waals surface area contributed by atoms with E-state index in [2.05, 4.69) is 5.32 Å². The van der Waals surface area contributed by atoms with Gasteiger partial charge in [0, 0.05) is 18.9 Å². The summed E-state index contributed by atoms with van der Waals surface area (Å²) in [6, 6.07) is 6.68. The summed E-state index contributed by atoms with van der Waals surface area (Å²) in [5.41, 5.74) is 0. The molecule has 108 valence electrons. The zero-order chi connectivity index (χ0) is 14.5. The summed E-state index contributed by atoms with van der Waals surface area (Å²) in [5, 5.41) is 12.7. The molecular formula is C15H19NO4. The van der Waals surface area contributed by atoms with Crippen molar-refractivity contribution in [3.05, 3.63) is 47.8 Å². The first kappa shape index (κ1) is 14.4. The third-order valence-electron chi connectivity index (χ3n) is 3.06. The molecule has 0 aliphatic carbocycles. The molecule has 0 radical (unpaired) electrons. The summed E-state index contributed by atoms with van der Waals surface area (Å²) in [7, 11) is 0. The SMILES string of the molecule is CCc1ccc(C(=O)NC(C)CC(O)c2ccco2)o1. The van der Waals surface area contributed by atoms with Crippen LogP contribution < -0.4 is 5.32 Å². The number of amides is 1. The van der Waals surface area contributed by atoms with Crippen molar-refractivity contribution in [2.24, 2.45) is 0 Å².